The average molecular weight is 668 g/mol. The molecule has 1 heterocycles. The first-order valence-corrected chi connectivity index (χ1v) is 17.2. The fraction of sp³-hybridized carbons (Fsp3) is 0.485. The van der Waals surface area contributed by atoms with Crippen LogP contribution >= 0.6 is 0 Å². The van der Waals surface area contributed by atoms with E-state index < -0.39 is 18.0 Å². The van der Waals surface area contributed by atoms with Crippen LogP contribution in [0.3, 0.4) is 0 Å². The number of nitrogens with zero attached hydrogens (tertiary/aromatic N) is 2. The number of hydrogen-bond donors (Lipinski definition) is 0. The van der Waals surface area contributed by atoms with Gasteiger partial charge < -0.3 is 0 Å². The van der Waals surface area contributed by atoms with Crippen molar-refractivity contribution in [3.63, 3.8) is 0 Å². The van der Waals surface area contributed by atoms with Crippen LogP contribution in [0.25, 0.3) is 11.4 Å². The molecule has 0 bridgehead atoms. The van der Waals surface area contributed by atoms with Gasteiger partial charge in [0, 0.05) is 0 Å². The maximum atomic E-state index is 6.38. The minimum absolute atomic E-state index is 0.430. The molecule has 0 aliphatic heterocycles. The van der Waals surface area contributed by atoms with Crippen LogP contribution in [0.1, 0.15) is 121 Å². The molecule has 0 unspecified atom stereocenters. The van der Waals surface area contributed by atoms with Gasteiger partial charge >= 0.3 is 227 Å². The summed E-state index contributed by atoms with van der Waals surface area (Å²) < 4.78 is 10.9. The standard InChI is InChI=1S/C27H36N2.C4H9.C2H.Au/c1-18(2)22-11-9-12-23(19(3)4)26(22)28-15-16-29(17-28)27-24(20(5)6)13-10-14-25(27)21(7)8;1-3-4-2;1-2;/h9-16,18-21H,1-8H3;1,3-4H2,2H3;1H;. The van der Waals surface area contributed by atoms with Crippen molar-refractivity contribution in [3.8, 4) is 21.9 Å². The van der Waals surface area contributed by atoms with Gasteiger partial charge in [0.15, 0.2) is 0 Å². The number of terminal acetylenes is 1. The molecular weight excluding hydrogens is 621 g/mol. The number of aromatic nitrogens is 2. The van der Waals surface area contributed by atoms with Crippen molar-refractivity contribution in [1.82, 2.24) is 9.13 Å². The van der Waals surface area contributed by atoms with E-state index in [2.05, 4.69) is 124 Å². The van der Waals surface area contributed by atoms with E-state index in [1.807, 2.05) is 0 Å². The third-order valence-electron chi connectivity index (χ3n) is 6.77. The van der Waals surface area contributed by atoms with E-state index in [-0.39, 0.29) is 0 Å². The molecule has 3 rings (SSSR count). The van der Waals surface area contributed by atoms with Crippen LogP contribution < -0.4 is 0 Å². The van der Waals surface area contributed by atoms with E-state index in [1.165, 1.54) is 50.1 Å². The number of para-hydroxylation sites is 2. The third kappa shape index (κ3) is 5.75. The Morgan fingerprint density at radius 2 is 1.06 bits per heavy atom. The molecule has 3 heteroatoms. The number of benzene rings is 2. The van der Waals surface area contributed by atoms with Crippen molar-refractivity contribution in [2.45, 2.75) is 103 Å². The molecule has 0 aliphatic carbocycles. The maximum absolute atomic E-state index is 6.38. The Morgan fingerprint density at radius 1 is 0.694 bits per heavy atom. The number of unbranched alkanes of at least 4 members (excludes halogenated alkanes) is 1. The molecule has 0 fully saturated rings. The van der Waals surface area contributed by atoms with Crippen LogP contribution in [0.5, 0.6) is 0 Å². The molecule has 199 valence electrons. The molecule has 0 radical (unpaired) electrons. The normalized spacial score (nSPS) is 12.2. The zero-order valence-corrected chi connectivity index (χ0v) is 26.0. The zero-order chi connectivity index (χ0) is 26.6. The van der Waals surface area contributed by atoms with Gasteiger partial charge in [-0.15, -0.1) is 0 Å². The van der Waals surface area contributed by atoms with Crippen molar-refractivity contribution in [2.24, 2.45) is 0 Å². The first-order valence-electron chi connectivity index (χ1n) is 13.5. The zero-order valence-electron chi connectivity index (χ0n) is 23.8. The van der Waals surface area contributed by atoms with E-state index >= 15 is 0 Å². The average Bonchev–Trinajstić information content (AvgIpc) is 3.27. The topological polar surface area (TPSA) is 9.86 Å². The summed E-state index contributed by atoms with van der Waals surface area (Å²) in [5, 5.41) is 0. The van der Waals surface area contributed by atoms with Crippen molar-refractivity contribution in [1.29, 1.82) is 0 Å². The van der Waals surface area contributed by atoms with E-state index in [0.717, 1.165) is 4.64 Å². The third-order valence-corrected chi connectivity index (χ3v) is 11.6. The van der Waals surface area contributed by atoms with Crippen LogP contribution in [0, 0.1) is 14.2 Å². The minimum atomic E-state index is -1.83. The van der Waals surface area contributed by atoms with Crippen molar-refractivity contribution < 1.29 is 18.0 Å². The Balaban J connectivity index is 2.57. The van der Waals surface area contributed by atoms with Crippen LogP contribution in [-0.4, -0.2) is 9.13 Å². The molecular formula is C33H46AuN2. The van der Waals surface area contributed by atoms with Gasteiger partial charge in [0.2, 0.25) is 0 Å². The molecule has 0 spiro atoms. The Kier molecular flexibility index (Phi) is 9.87. The molecule has 3 aromatic rings. The molecule has 0 N–H and O–H groups in total. The van der Waals surface area contributed by atoms with Gasteiger partial charge in [0.05, 0.1) is 0 Å². The summed E-state index contributed by atoms with van der Waals surface area (Å²) in [7, 11) is 0. The van der Waals surface area contributed by atoms with Gasteiger partial charge in [-0.2, -0.15) is 0 Å². The van der Waals surface area contributed by atoms with Crippen molar-refractivity contribution in [2.75, 3.05) is 0 Å². The Labute approximate surface area is 226 Å². The summed E-state index contributed by atoms with van der Waals surface area (Å²) in [5.74, 6) is 1.72. The molecule has 0 aliphatic rings. The summed E-state index contributed by atoms with van der Waals surface area (Å²) in [6.07, 6.45) is 13.3. The molecule has 0 amide bonds. The van der Waals surface area contributed by atoms with Crippen molar-refractivity contribution >= 4 is 0 Å². The van der Waals surface area contributed by atoms with Crippen molar-refractivity contribution in [3.05, 3.63) is 74.7 Å². The quantitative estimate of drug-likeness (QED) is 0.159. The van der Waals surface area contributed by atoms with Gasteiger partial charge in [-0.1, -0.05) is 0 Å². The van der Waals surface area contributed by atoms with E-state index in [0.29, 0.717) is 23.7 Å². The summed E-state index contributed by atoms with van der Waals surface area (Å²) >= 11 is -1.83. The second-order valence-corrected chi connectivity index (χ2v) is 15.6. The molecule has 2 aromatic carbocycles. The van der Waals surface area contributed by atoms with Gasteiger partial charge in [-0.25, -0.2) is 0 Å². The fourth-order valence-corrected chi connectivity index (χ4v) is 9.47. The Bertz CT molecular complexity index is 1160. The van der Waals surface area contributed by atoms with E-state index in [4.69, 9.17) is 6.42 Å². The van der Waals surface area contributed by atoms with Crippen LogP contribution in [0.4, 0.5) is 0 Å². The van der Waals surface area contributed by atoms with Gasteiger partial charge in [0.1, 0.15) is 0 Å². The molecule has 0 saturated carbocycles. The van der Waals surface area contributed by atoms with Crippen LogP contribution in [-0.2, 0) is 18.0 Å². The Morgan fingerprint density at radius 3 is 1.33 bits per heavy atom. The second kappa shape index (κ2) is 12.5. The fourth-order valence-electron chi connectivity index (χ4n) is 4.80. The predicted octanol–water partition coefficient (Wildman–Crippen LogP) is 9.72. The molecule has 1 aromatic heterocycles. The predicted molar refractivity (Wildman–Crippen MR) is 153 cm³/mol. The summed E-state index contributed by atoms with van der Waals surface area (Å²) in [5.41, 5.74) is 8.27. The summed E-state index contributed by atoms with van der Waals surface area (Å²) in [6.45, 7) is 20.7. The summed E-state index contributed by atoms with van der Waals surface area (Å²) in [4.78, 5) is 0. The van der Waals surface area contributed by atoms with Crippen LogP contribution in [0.2, 0.25) is 4.64 Å². The molecule has 36 heavy (non-hydrogen) atoms. The van der Waals surface area contributed by atoms with E-state index in [1.54, 1.807) is 0 Å². The SMILES string of the molecule is C#[C][Au]([CH2]CCC)=[c]1n(-c2c(C(C)C)cccc2C(C)C)ccn1-c1c(C(C)C)cccc1C(C)C. The first kappa shape index (κ1) is 28.5. The van der Waals surface area contributed by atoms with Gasteiger partial charge in [-0.3, -0.25) is 0 Å². The van der Waals surface area contributed by atoms with Crippen LogP contribution in [0.15, 0.2) is 48.8 Å². The number of rotatable bonds is 9. The Hall–Kier alpha value is -2.05. The van der Waals surface area contributed by atoms with Gasteiger partial charge in [0.25, 0.3) is 0 Å². The number of imidazole rings is 1. The molecule has 2 nitrogen and oxygen atoms in total. The summed E-state index contributed by atoms with van der Waals surface area (Å²) in [6, 6.07) is 13.7. The first-order chi connectivity index (χ1) is 17.1. The number of hydrogen-bond acceptors (Lipinski definition) is 0. The van der Waals surface area contributed by atoms with Gasteiger partial charge in [-0.05, 0) is 0 Å². The van der Waals surface area contributed by atoms with E-state index in [9.17, 15) is 0 Å². The molecule has 0 atom stereocenters. The molecule has 0 saturated heterocycles. The monoisotopic (exact) mass is 667 g/mol. The second-order valence-electron chi connectivity index (χ2n) is 10.8.